The van der Waals surface area contributed by atoms with Crippen LogP contribution in [0, 0.1) is 6.92 Å². The third-order valence-corrected chi connectivity index (χ3v) is 6.63. The minimum absolute atomic E-state index is 0.0302. The quantitative estimate of drug-likeness (QED) is 0.217. The van der Waals surface area contributed by atoms with Crippen LogP contribution in [0.25, 0.3) is 0 Å². The molecule has 0 spiro atoms. The lowest BCUT2D eigenvalue weighted by Crippen LogP contribution is -2.48. The molecule has 0 aromatic heterocycles. The van der Waals surface area contributed by atoms with Gasteiger partial charge in [-0.1, -0.05) is 30.5 Å². The lowest BCUT2D eigenvalue weighted by molar-refractivity contribution is 0.0492. The zero-order chi connectivity index (χ0) is 26.9. The van der Waals surface area contributed by atoms with Gasteiger partial charge < -0.3 is 15.0 Å². The maximum atomic E-state index is 12.3. The Morgan fingerprint density at radius 1 is 0.972 bits per heavy atom. The topological polar surface area (TPSA) is 134 Å². The van der Waals surface area contributed by atoms with Crippen molar-refractivity contribution in [3.05, 3.63) is 59.7 Å². The predicted octanol–water partition coefficient (Wildman–Crippen LogP) is 4.10. The number of nitrogens with one attached hydrogen (secondary N) is 3. The van der Waals surface area contributed by atoms with Gasteiger partial charge in [0.1, 0.15) is 0 Å². The Labute approximate surface area is 217 Å². The van der Waals surface area contributed by atoms with Crippen molar-refractivity contribution in [3.8, 4) is 0 Å². The van der Waals surface area contributed by atoms with Crippen LogP contribution in [0.5, 0.6) is 0 Å². The van der Waals surface area contributed by atoms with Crippen LogP contribution in [0.2, 0.25) is 0 Å². The first-order chi connectivity index (χ1) is 16.8. The minimum Gasteiger partial charge on any atom is -0.462 e. The number of amides is 4. The molecule has 2 rings (SSSR count). The van der Waals surface area contributed by atoms with Crippen LogP contribution in [0.4, 0.5) is 15.3 Å². The number of hydrogen-bond donors (Lipinski definition) is 4. The van der Waals surface area contributed by atoms with Gasteiger partial charge in [0.05, 0.1) is 17.1 Å². The molecule has 2 aromatic rings. The highest BCUT2D eigenvalue weighted by molar-refractivity contribution is 7.90. The summed E-state index contributed by atoms with van der Waals surface area (Å²) in [6, 6.07) is 10.7. The molecule has 0 aliphatic rings. The molecule has 4 amide bonds. The Kier molecular flexibility index (Phi) is 10.2. The van der Waals surface area contributed by atoms with E-state index >= 15 is 0 Å². The first-order valence-corrected chi connectivity index (χ1v) is 13.2. The van der Waals surface area contributed by atoms with Crippen molar-refractivity contribution in [2.75, 3.05) is 18.5 Å². The van der Waals surface area contributed by atoms with Gasteiger partial charge in [0.25, 0.3) is 10.0 Å². The summed E-state index contributed by atoms with van der Waals surface area (Å²) in [6.07, 6.45) is 1.20. The second-order valence-electron chi connectivity index (χ2n) is 9.03. The molecule has 196 valence electrons. The number of carbonyl (C=O) groups excluding carboxylic acids is 3. The average molecular weight is 537 g/mol. The summed E-state index contributed by atoms with van der Waals surface area (Å²) >= 11 is 3.81. The molecule has 0 unspecified atom stereocenters. The van der Waals surface area contributed by atoms with Gasteiger partial charge >= 0.3 is 18.0 Å². The van der Waals surface area contributed by atoms with Gasteiger partial charge in [0.15, 0.2) is 0 Å². The molecule has 0 saturated carbocycles. The highest BCUT2D eigenvalue weighted by Crippen LogP contribution is 2.16. The van der Waals surface area contributed by atoms with E-state index in [-0.39, 0.29) is 28.6 Å². The fraction of sp³-hybridized carbons (Fsp3) is 0.375. The van der Waals surface area contributed by atoms with Gasteiger partial charge in [-0.2, -0.15) is 0 Å². The van der Waals surface area contributed by atoms with E-state index in [9.17, 15) is 22.8 Å². The number of urea groups is 2. The number of carbonyl (C=O) groups is 3. The largest absolute Gasteiger partial charge is 0.462 e. The number of aryl methyl sites for hydroxylation is 1. The van der Waals surface area contributed by atoms with Gasteiger partial charge in [-0.05, 0) is 76.9 Å². The number of ether oxygens (including phenoxy) is 1. The van der Waals surface area contributed by atoms with Gasteiger partial charge in [0, 0.05) is 17.8 Å². The molecule has 36 heavy (non-hydrogen) atoms. The third kappa shape index (κ3) is 8.76. The smallest absolute Gasteiger partial charge is 0.338 e. The second kappa shape index (κ2) is 12.6. The van der Waals surface area contributed by atoms with E-state index in [1.807, 2.05) is 32.4 Å². The number of anilines is 1. The predicted molar refractivity (Wildman–Crippen MR) is 140 cm³/mol. The molecular weight excluding hydrogens is 504 g/mol. The normalized spacial score (nSPS) is 11.4. The van der Waals surface area contributed by atoms with Crippen LogP contribution in [0.3, 0.4) is 0 Å². The summed E-state index contributed by atoms with van der Waals surface area (Å²) < 4.78 is 34.2. The molecule has 10 nitrogen and oxygen atoms in total. The van der Waals surface area contributed by atoms with Crippen LogP contribution in [-0.4, -0.2) is 50.0 Å². The van der Waals surface area contributed by atoms with Crippen LogP contribution in [0.1, 0.15) is 49.5 Å². The summed E-state index contributed by atoms with van der Waals surface area (Å²) in [5, 5.41) is 2.42. The highest BCUT2D eigenvalue weighted by Gasteiger charge is 2.25. The fourth-order valence-electron chi connectivity index (χ4n) is 3.17. The zero-order valence-electron chi connectivity index (χ0n) is 20.7. The number of hydrogen-bond acceptors (Lipinski definition) is 7. The molecule has 0 heterocycles. The van der Waals surface area contributed by atoms with Crippen molar-refractivity contribution in [1.29, 1.82) is 0 Å². The number of thiol groups is 1. The summed E-state index contributed by atoms with van der Waals surface area (Å²) in [5.41, 5.74) is 1.09. The maximum Gasteiger partial charge on any atom is 0.338 e. The van der Waals surface area contributed by atoms with Crippen molar-refractivity contribution in [2.45, 2.75) is 51.0 Å². The zero-order valence-corrected chi connectivity index (χ0v) is 22.4. The van der Waals surface area contributed by atoms with E-state index in [2.05, 4.69) is 22.9 Å². The standard InChI is InChI=1S/C24H32N4O6S2/c1-17-7-13-20(14-8-17)36(32,33)27-22(30)25-19-11-9-18(10-12-19)21(29)34-16-6-5-15-28(23(31)26-35)24(2,3)4/h7-14,35H,5-6,15-16H2,1-4H3,(H,26,31)(H2,25,27,30). The first kappa shape index (κ1) is 29.0. The number of unbranched alkanes of at least 4 members (excludes halogenated alkanes) is 1. The van der Waals surface area contributed by atoms with Crippen molar-refractivity contribution >= 4 is 46.6 Å². The molecule has 0 fully saturated rings. The molecule has 0 bridgehead atoms. The van der Waals surface area contributed by atoms with E-state index in [1.165, 1.54) is 36.4 Å². The fourth-order valence-corrected chi connectivity index (χ4v) is 4.19. The molecule has 2 aromatic carbocycles. The van der Waals surface area contributed by atoms with Crippen LogP contribution in [0.15, 0.2) is 53.4 Å². The van der Waals surface area contributed by atoms with Crippen LogP contribution in [-0.2, 0) is 14.8 Å². The van der Waals surface area contributed by atoms with Crippen molar-refractivity contribution in [3.63, 3.8) is 0 Å². The number of nitrogens with zero attached hydrogens (tertiary/aromatic N) is 1. The molecule has 0 saturated heterocycles. The van der Waals surface area contributed by atoms with Crippen molar-refractivity contribution in [2.24, 2.45) is 0 Å². The monoisotopic (exact) mass is 536 g/mol. The van der Waals surface area contributed by atoms with Crippen molar-refractivity contribution < 1.29 is 27.5 Å². The first-order valence-electron chi connectivity index (χ1n) is 11.2. The molecule has 0 aliphatic carbocycles. The molecule has 0 atom stereocenters. The molecule has 12 heteroatoms. The summed E-state index contributed by atoms with van der Waals surface area (Å²) in [6.45, 7) is 8.24. The second-order valence-corrected chi connectivity index (χ2v) is 10.9. The van der Waals surface area contributed by atoms with Gasteiger partial charge in [-0.3, -0.25) is 4.72 Å². The van der Waals surface area contributed by atoms with E-state index in [0.29, 0.717) is 25.1 Å². The summed E-state index contributed by atoms with van der Waals surface area (Å²) in [5.74, 6) is -0.534. The van der Waals surface area contributed by atoms with E-state index in [0.717, 1.165) is 5.56 Å². The number of rotatable bonds is 9. The lowest BCUT2D eigenvalue weighted by atomic mass is 10.1. The maximum absolute atomic E-state index is 12.3. The Morgan fingerprint density at radius 3 is 2.14 bits per heavy atom. The average Bonchev–Trinajstić information content (AvgIpc) is 2.80. The third-order valence-electron chi connectivity index (χ3n) is 5.10. The van der Waals surface area contributed by atoms with Gasteiger partial charge in [0.2, 0.25) is 0 Å². The Hall–Kier alpha value is -3.25. The molecule has 0 radical (unpaired) electrons. The summed E-state index contributed by atoms with van der Waals surface area (Å²) in [7, 11) is -4.02. The number of sulfonamides is 1. The Balaban J connectivity index is 1.81. The van der Waals surface area contributed by atoms with E-state index in [1.54, 1.807) is 17.0 Å². The molecule has 3 N–H and O–H groups in total. The Morgan fingerprint density at radius 2 is 1.58 bits per heavy atom. The van der Waals surface area contributed by atoms with Gasteiger partial charge in [-0.15, -0.1) is 0 Å². The van der Waals surface area contributed by atoms with Crippen molar-refractivity contribution in [1.82, 2.24) is 14.3 Å². The van der Waals surface area contributed by atoms with Crippen LogP contribution >= 0.6 is 12.8 Å². The minimum atomic E-state index is -4.02. The lowest BCUT2D eigenvalue weighted by Gasteiger charge is -2.35. The van der Waals surface area contributed by atoms with E-state index in [4.69, 9.17) is 4.74 Å². The highest BCUT2D eigenvalue weighted by atomic mass is 32.2. The number of esters is 1. The van der Waals surface area contributed by atoms with Gasteiger partial charge in [-0.25, -0.2) is 27.5 Å². The molecule has 0 aliphatic heterocycles. The summed E-state index contributed by atoms with van der Waals surface area (Å²) in [4.78, 5) is 38.0. The number of benzene rings is 2. The Bertz CT molecular complexity index is 1160. The molecular formula is C24H32N4O6S2. The SMILES string of the molecule is Cc1ccc(S(=O)(=O)NC(=O)Nc2ccc(C(=O)OCCCCN(C(=O)NS)C(C)(C)C)cc2)cc1. The van der Waals surface area contributed by atoms with Crippen LogP contribution < -0.4 is 14.8 Å². The van der Waals surface area contributed by atoms with E-state index < -0.39 is 22.0 Å².